The van der Waals surface area contributed by atoms with Crippen LogP contribution in [0.3, 0.4) is 0 Å². The third-order valence-corrected chi connectivity index (χ3v) is 7.75. The van der Waals surface area contributed by atoms with Crippen LogP contribution in [0.15, 0.2) is 30.5 Å². The van der Waals surface area contributed by atoms with Gasteiger partial charge in [-0.1, -0.05) is 0 Å². The molecule has 0 aliphatic rings. The van der Waals surface area contributed by atoms with Gasteiger partial charge in [-0.25, -0.2) is 0 Å². The molecular formula is C14H17ClN4O2Sn. The molecule has 0 radical (unpaired) electrons. The third kappa shape index (κ3) is 4.07. The van der Waals surface area contributed by atoms with Gasteiger partial charge in [0.1, 0.15) is 0 Å². The molecule has 0 saturated heterocycles. The zero-order chi connectivity index (χ0) is 16.3. The van der Waals surface area contributed by atoms with Gasteiger partial charge >= 0.3 is 141 Å². The maximum absolute atomic E-state index is 11.2. The summed E-state index contributed by atoms with van der Waals surface area (Å²) in [6.45, 7) is 0.481. The van der Waals surface area contributed by atoms with E-state index in [0.29, 0.717) is 17.5 Å². The number of nitro groups is 1. The summed E-state index contributed by atoms with van der Waals surface area (Å²) >= 11 is 3.95. The second kappa shape index (κ2) is 7.23. The number of hydrogen-bond donors (Lipinski definition) is 0. The fraction of sp³-hybridized carbons (Fsp3) is 0.286. The molecule has 0 aliphatic carbocycles. The van der Waals surface area contributed by atoms with Crippen LogP contribution in [0, 0.1) is 10.1 Å². The summed E-state index contributed by atoms with van der Waals surface area (Å²) in [4.78, 5) is 25.6. The van der Waals surface area contributed by atoms with Gasteiger partial charge in [-0.05, 0) is 0 Å². The fourth-order valence-corrected chi connectivity index (χ4v) is 4.62. The van der Waals surface area contributed by atoms with E-state index < -0.39 is 24.7 Å². The Balaban J connectivity index is 2.33. The Morgan fingerprint density at radius 3 is 2.59 bits per heavy atom. The number of anilines is 1. The average Bonchev–Trinajstić information content (AvgIpc) is 2.48. The Kier molecular flexibility index (Phi) is 5.57. The van der Waals surface area contributed by atoms with E-state index in [9.17, 15) is 10.1 Å². The van der Waals surface area contributed by atoms with Gasteiger partial charge in [-0.3, -0.25) is 0 Å². The van der Waals surface area contributed by atoms with E-state index in [0.717, 1.165) is 9.27 Å². The van der Waals surface area contributed by atoms with Crippen molar-refractivity contribution in [2.24, 2.45) is 0 Å². The van der Waals surface area contributed by atoms with E-state index in [4.69, 9.17) is 11.6 Å². The van der Waals surface area contributed by atoms with Crippen LogP contribution in [-0.4, -0.2) is 41.7 Å². The summed E-state index contributed by atoms with van der Waals surface area (Å²) in [6, 6.07) is 6.90. The summed E-state index contributed by atoms with van der Waals surface area (Å²) < 4.78 is 1.03. The predicted molar refractivity (Wildman–Crippen MR) is 90.8 cm³/mol. The SMILES string of the molecule is CN(Cc1ccc(Cl)nc1)c1n[c]([SnH]([CH3])[CH3])ccc1[N+](=O)[O-]. The van der Waals surface area contributed by atoms with Gasteiger partial charge in [0.05, 0.1) is 0 Å². The zero-order valence-electron chi connectivity index (χ0n) is 12.7. The second-order valence-corrected chi connectivity index (χ2v) is 14.0. The molecule has 116 valence electrons. The molecule has 0 N–H and O–H groups in total. The first-order chi connectivity index (χ1) is 10.4. The second-order valence-electron chi connectivity index (χ2n) is 5.34. The van der Waals surface area contributed by atoms with Gasteiger partial charge in [0, 0.05) is 0 Å². The van der Waals surface area contributed by atoms with Crippen LogP contribution in [-0.2, 0) is 6.54 Å². The van der Waals surface area contributed by atoms with Gasteiger partial charge in [0.25, 0.3) is 0 Å². The van der Waals surface area contributed by atoms with E-state index in [2.05, 4.69) is 19.8 Å². The molecule has 0 bridgehead atoms. The van der Waals surface area contributed by atoms with Gasteiger partial charge in [-0.2, -0.15) is 0 Å². The first-order valence-electron chi connectivity index (χ1n) is 6.85. The van der Waals surface area contributed by atoms with Crippen LogP contribution in [0.2, 0.25) is 15.0 Å². The molecule has 2 aromatic rings. The van der Waals surface area contributed by atoms with Crippen molar-refractivity contribution in [2.75, 3.05) is 11.9 Å². The zero-order valence-corrected chi connectivity index (χ0v) is 16.7. The Labute approximate surface area is 141 Å². The Hall–Kier alpha value is -1.41. The van der Waals surface area contributed by atoms with E-state index in [1.807, 2.05) is 6.07 Å². The number of aromatic nitrogens is 2. The monoisotopic (exact) mass is 428 g/mol. The molecule has 6 nitrogen and oxygen atoms in total. The molecule has 22 heavy (non-hydrogen) atoms. The van der Waals surface area contributed by atoms with Gasteiger partial charge in [-0.15, -0.1) is 0 Å². The number of halogens is 1. The van der Waals surface area contributed by atoms with Crippen molar-refractivity contribution in [3.05, 3.63) is 51.3 Å². The molecule has 0 amide bonds. The Morgan fingerprint density at radius 1 is 1.32 bits per heavy atom. The van der Waals surface area contributed by atoms with Crippen LogP contribution < -0.4 is 8.61 Å². The van der Waals surface area contributed by atoms with Gasteiger partial charge in [0.15, 0.2) is 0 Å². The van der Waals surface area contributed by atoms with E-state index in [1.165, 1.54) is 0 Å². The van der Waals surface area contributed by atoms with E-state index >= 15 is 0 Å². The fourth-order valence-electron chi connectivity index (χ4n) is 2.05. The van der Waals surface area contributed by atoms with E-state index in [1.54, 1.807) is 36.3 Å². The third-order valence-electron chi connectivity index (χ3n) is 3.23. The summed E-state index contributed by atoms with van der Waals surface area (Å²) in [5.74, 6) is 0.405. The molecule has 8 heteroatoms. The molecule has 0 saturated carbocycles. The van der Waals surface area contributed by atoms with Gasteiger partial charge in [0.2, 0.25) is 0 Å². The van der Waals surface area contributed by atoms with Crippen LogP contribution in [0.25, 0.3) is 0 Å². The molecule has 0 unspecified atom stereocenters. The molecule has 2 heterocycles. The normalized spacial score (nSPS) is 10.8. The number of pyridine rings is 2. The van der Waals surface area contributed by atoms with Crippen LogP contribution in [0.1, 0.15) is 5.56 Å². The molecule has 0 aromatic carbocycles. The summed E-state index contributed by atoms with van der Waals surface area (Å²) in [7, 11) is 1.80. The summed E-state index contributed by atoms with van der Waals surface area (Å²) in [6.07, 6.45) is 1.66. The van der Waals surface area contributed by atoms with Crippen molar-refractivity contribution in [3.63, 3.8) is 0 Å². The van der Waals surface area contributed by atoms with Crippen molar-refractivity contribution >= 4 is 46.6 Å². The standard InChI is InChI=1S/C12H10ClN4O2.2CH3.Sn.H/c1-16(8-9-4-5-11(13)15-7-9)12-10(17(18)19)3-2-6-14-12;;;;/h2-5,7H,8H2,1H3;2*1H3;;. The van der Waals surface area contributed by atoms with Crippen molar-refractivity contribution in [3.8, 4) is 0 Å². The van der Waals surface area contributed by atoms with Gasteiger partial charge < -0.3 is 0 Å². The number of nitrogens with zero attached hydrogens (tertiary/aromatic N) is 4. The number of hydrogen-bond acceptors (Lipinski definition) is 5. The minimum absolute atomic E-state index is 0.0279. The minimum atomic E-state index is -1.81. The summed E-state index contributed by atoms with van der Waals surface area (Å²) in [5, 5.41) is 11.7. The Bertz CT molecular complexity index is 679. The molecule has 2 rings (SSSR count). The molecular weight excluding hydrogens is 410 g/mol. The molecule has 0 atom stereocenters. The summed E-state index contributed by atoms with van der Waals surface area (Å²) in [5.41, 5.74) is 0.946. The van der Waals surface area contributed by atoms with Crippen molar-refractivity contribution in [1.29, 1.82) is 0 Å². The molecule has 0 fully saturated rings. The predicted octanol–water partition coefficient (Wildman–Crippen LogP) is 2.37. The quantitative estimate of drug-likeness (QED) is 0.317. The maximum atomic E-state index is 11.2. The first-order valence-corrected chi connectivity index (χ1v) is 15.5. The molecule has 0 aliphatic heterocycles. The Morgan fingerprint density at radius 2 is 2.05 bits per heavy atom. The number of rotatable bonds is 5. The van der Waals surface area contributed by atoms with Crippen LogP contribution in [0.5, 0.6) is 0 Å². The topological polar surface area (TPSA) is 72.2 Å². The average molecular weight is 427 g/mol. The van der Waals surface area contributed by atoms with Crippen LogP contribution >= 0.6 is 11.6 Å². The molecule has 2 aromatic heterocycles. The first kappa shape index (κ1) is 17.0. The van der Waals surface area contributed by atoms with Crippen molar-refractivity contribution in [1.82, 2.24) is 9.97 Å². The van der Waals surface area contributed by atoms with Crippen molar-refractivity contribution < 1.29 is 4.92 Å². The van der Waals surface area contributed by atoms with E-state index in [-0.39, 0.29) is 5.69 Å². The molecule has 0 spiro atoms. The van der Waals surface area contributed by atoms with Crippen molar-refractivity contribution in [2.45, 2.75) is 16.4 Å². The van der Waals surface area contributed by atoms with Crippen LogP contribution in [0.4, 0.5) is 11.5 Å².